The summed E-state index contributed by atoms with van der Waals surface area (Å²) in [5.41, 5.74) is 4.84. The number of nitrogens with zero attached hydrogens (tertiary/aromatic N) is 1. The smallest absolute Gasteiger partial charge is 0.323 e. The molecule has 0 spiro atoms. The minimum absolute atomic E-state index is 0.150. The standard InChI is InChI=1S/C31H37ClN2O7/c1-20-22(6-4-7-24(20)21-8-9-27-30(15-21)40-13-12-39-27)19-41-29-16-28(38-11-5-10-34(2)3)23(14-25(29)32)17-33-26(18-35)31(36)37/h4,6-9,14-16,26,33,35H,5,10-13,17-19H2,1-3H3,(H,36,37)/t26-/m0/s1. The highest BCUT2D eigenvalue weighted by Gasteiger charge is 2.19. The summed E-state index contributed by atoms with van der Waals surface area (Å²) in [7, 11) is 3.99. The molecule has 10 heteroatoms. The van der Waals surface area contributed by atoms with Crippen LogP contribution in [0.3, 0.4) is 0 Å². The second-order valence-electron chi connectivity index (χ2n) is 10.1. The number of aliphatic carboxylic acids is 1. The van der Waals surface area contributed by atoms with Crippen LogP contribution in [0.15, 0.2) is 48.5 Å². The minimum atomic E-state index is -1.14. The molecule has 0 radical (unpaired) electrons. The van der Waals surface area contributed by atoms with Crippen LogP contribution < -0.4 is 24.3 Å². The van der Waals surface area contributed by atoms with Crippen molar-refractivity contribution < 1.29 is 34.0 Å². The van der Waals surface area contributed by atoms with Gasteiger partial charge in [0, 0.05) is 24.7 Å². The molecule has 0 fully saturated rings. The molecule has 1 aliphatic rings. The molecule has 0 saturated carbocycles. The van der Waals surface area contributed by atoms with E-state index in [1.165, 1.54) is 0 Å². The maximum absolute atomic E-state index is 11.3. The van der Waals surface area contributed by atoms with Crippen molar-refractivity contribution >= 4 is 17.6 Å². The Hall–Kier alpha value is -3.50. The van der Waals surface area contributed by atoms with Gasteiger partial charge in [0.25, 0.3) is 0 Å². The molecule has 1 atom stereocenters. The van der Waals surface area contributed by atoms with Gasteiger partial charge >= 0.3 is 5.97 Å². The molecule has 9 nitrogen and oxygen atoms in total. The number of hydrogen-bond donors (Lipinski definition) is 3. The van der Waals surface area contributed by atoms with E-state index in [9.17, 15) is 15.0 Å². The second-order valence-corrected chi connectivity index (χ2v) is 10.5. The first kappa shape index (κ1) is 30.5. The summed E-state index contributed by atoms with van der Waals surface area (Å²) in [6.45, 7) is 4.35. The first-order valence-corrected chi connectivity index (χ1v) is 13.9. The Morgan fingerprint density at radius 1 is 1.05 bits per heavy atom. The minimum Gasteiger partial charge on any atom is -0.493 e. The van der Waals surface area contributed by atoms with Crippen LogP contribution in [-0.2, 0) is 17.9 Å². The zero-order valence-electron chi connectivity index (χ0n) is 23.6. The number of benzene rings is 3. The van der Waals surface area contributed by atoms with E-state index < -0.39 is 18.6 Å². The highest BCUT2D eigenvalue weighted by Crippen LogP contribution is 2.37. The molecule has 41 heavy (non-hydrogen) atoms. The molecule has 3 aromatic carbocycles. The normalized spacial score (nSPS) is 13.2. The van der Waals surface area contributed by atoms with Crippen LogP contribution >= 0.6 is 11.6 Å². The summed E-state index contributed by atoms with van der Waals surface area (Å²) in [6, 6.07) is 14.4. The number of ether oxygens (including phenoxy) is 4. The Balaban J connectivity index is 1.52. The first-order valence-electron chi connectivity index (χ1n) is 13.5. The van der Waals surface area contributed by atoms with Crippen molar-refractivity contribution in [3.05, 3.63) is 70.2 Å². The second kappa shape index (κ2) is 14.4. The molecular formula is C31H37ClN2O7. The quantitative estimate of drug-likeness (QED) is 0.235. The summed E-state index contributed by atoms with van der Waals surface area (Å²) in [4.78, 5) is 13.4. The average molecular weight is 585 g/mol. The largest absolute Gasteiger partial charge is 0.493 e. The molecular weight excluding hydrogens is 548 g/mol. The molecule has 0 aromatic heterocycles. The molecule has 1 aliphatic heterocycles. The lowest BCUT2D eigenvalue weighted by atomic mass is 9.96. The number of hydrogen-bond acceptors (Lipinski definition) is 8. The molecule has 0 unspecified atom stereocenters. The van der Waals surface area contributed by atoms with Crippen LogP contribution in [0.2, 0.25) is 5.02 Å². The van der Waals surface area contributed by atoms with Crippen LogP contribution in [0.1, 0.15) is 23.1 Å². The SMILES string of the molecule is Cc1c(COc2cc(OCCCN(C)C)c(CN[C@@H](CO)C(=O)O)cc2Cl)cccc1-c1ccc2c(c1)OCCO2. The number of aliphatic hydroxyl groups is 1. The van der Waals surface area contributed by atoms with E-state index in [0.29, 0.717) is 41.9 Å². The fraction of sp³-hybridized carbons (Fsp3) is 0.387. The lowest BCUT2D eigenvalue weighted by Crippen LogP contribution is -2.39. The molecule has 0 amide bonds. The summed E-state index contributed by atoms with van der Waals surface area (Å²) in [5, 5.41) is 21.9. The average Bonchev–Trinajstić information content (AvgIpc) is 2.96. The lowest BCUT2D eigenvalue weighted by molar-refractivity contribution is -0.140. The van der Waals surface area contributed by atoms with Crippen molar-refractivity contribution in [2.45, 2.75) is 32.5 Å². The van der Waals surface area contributed by atoms with Crippen molar-refractivity contribution in [3.8, 4) is 34.1 Å². The zero-order valence-corrected chi connectivity index (χ0v) is 24.4. The lowest BCUT2D eigenvalue weighted by Gasteiger charge is -2.20. The van der Waals surface area contributed by atoms with Crippen LogP contribution in [0, 0.1) is 6.92 Å². The number of fused-ring (bicyclic) bond motifs is 1. The fourth-order valence-electron chi connectivity index (χ4n) is 4.50. The summed E-state index contributed by atoms with van der Waals surface area (Å²) in [6.07, 6.45) is 0.804. The van der Waals surface area contributed by atoms with E-state index in [1.807, 2.05) is 44.4 Å². The number of rotatable bonds is 14. The first-order chi connectivity index (χ1) is 19.8. The molecule has 220 valence electrons. The van der Waals surface area contributed by atoms with Gasteiger partial charge in [0.15, 0.2) is 11.5 Å². The molecule has 0 bridgehead atoms. The number of carboxylic acid groups (broad SMARTS) is 1. The van der Waals surface area contributed by atoms with E-state index in [1.54, 1.807) is 12.1 Å². The van der Waals surface area contributed by atoms with E-state index in [0.717, 1.165) is 46.7 Å². The molecule has 1 heterocycles. The third-order valence-corrected chi connectivity index (χ3v) is 7.12. The summed E-state index contributed by atoms with van der Waals surface area (Å²) >= 11 is 6.61. The van der Waals surface area contributed by atoms with Gasteiger partial charge in [0.2, 0.25) is 0 Å². The Kier molecular flexibility index (Phi) is 10.7. The van der Waals surface area contributed by atoms with E-state index in [-0.39, 0.29) is 13.2 Å². The molecule has 0 saturated heterocycles. The highest BCUT2D eigenvalue weighted by molar-refractivity contribution is 6.32. The number of carbonyl (C=O) groups is 1. The van der Waals surface area contributed by atoms with Crippen molar-refractivity contribution in [2.75, 3.05) is 47.1 Å². The highest BCUT2D eigenvalue weighted by atomic mass is 35.5. The Bertz CT molecular complexity index is 1350. The van der Waals surface area contributed by atoms with Crippen molar-refractivity contribution in [2.24, 2.45) is 0 Å². The Morgan fingerprint density at radius 2 is 1.83 bits per heavy atom. The molecule has 4 rings (SSSR count). The van der Waals surface area contributed by atoms with Gasteiger partial charge in [-0.25, -0.2) is 0 Å². The van der Waals surface area contributed by atoms with Crippen LogP contribution in [0.4, 0.5) is 0 Å². The number of aliphatic hydroxyl groups excluding tert-OH is 1. The Labute approximate surface area is 245 Å². The van der Waals surface area contributed by atoms with E-state index in [4.69, 9.17) is 30.5 Å². The molecule has 0 aliphatic carbocycles. The van der Waals surface area contributed by atoms with Crippen molar-refractivity contribution in [1.82, 2.24) is 10.2 Å². The molecule has 3 aromatic rings. The van der Waals surface area contributed by atoms with Crippen molar-refractivity contribution in [1.29, 1.82) is 0 Å². The maximum atomic E-state index is 11.3. The van der Waals surface area contributed by atoms with Gasteiger partial charge in [0.05, 0.1) is 18.2 Å². The third-order valence-electron chi connectivity index (χ3n) is 6.82. The fourth-order valence-corrected chi connectivity index (χ4v) is 4.74. The maximum Gasteiger partial charge on any atom is 0.323 e. The topological polar surface area (TPSA) is 110 Å². The Morgan fingerprint density at radius 3 is 2.56 bits per heavy atom. The van der Waals surface area contributed by atoms with Crippen molar-refractivity contribution in [3.63, 3.8) is 0 Å². The van der Waals surface area contributed by atoms with E-state index >= 15 is 0 Å². The van der Waals surface area contributed by atoms with Gasteiger partial charge in [-0.1, -0.05) is 35.9 Å². The zero-order chi connectivity index (χ0) is 29.4. The third kappa shape index (κ3) is 8.04. The van der Waals surface area contributed by atoms with Gasteiger partial charge in [0.1, 0.15) is 37.4 Å². The van der Waals surface area contributed by atoms with Gasteiger partial charge < -0.3 is 34.1 Å². The summed E-state index contributed by atoms with van der Waals surface area (Å²) < 4.78 is 23.7. The molecule has 3 N–H and O–H groups in total. The van der Waals surface area contributed by atoms with Gasteiger partial charge in [-0.15, -0.1) is 0 Å². The predicted octanol–water partition coefficient (Wildman–Crippen LogP) is 4.53. The van der Waals surface area contributed by atoms with Crippen LogP contribution in [0.25, 0.3) is 11.1 Å². The number of halogens is 1. The predicted molar refractivity (Wildman–Crippen MR) is 157 cm³/mol. The number of carboxylic acids is 1. The van der Waals surface area contributed by atoms with Gasteiger partial charge in [-0.2, -0.15) is 0 Å². The van der Waals surface area contributed by atoms with Gasteiger partial charge in [-0.05, 0) is 67.9 Å². The van der Waals surface area contributed by atoms with Crippen LogP contribution in [-0.4, -0.2) is 74.2 Å². The van der Waals surface area contributed by atoms with E-state index in [2.05, 4.69) is 23.2 Å². The number of nitrogens with one attached hydrogen (secondary N) is 1. The van der Waals surface area contributed by atoms with Gasteiger partial charge in [-0.3, -0.25) is 10.1 Å². The monoisotopic (exact) mass is 584 g/mol. The summed E-state index contributed by atoms with van der Waals surface area (Å²) in [5.74, 6) is 1.35. The van der Waals surface area contributed by atoms with Crippen LogP contribution in [0.5, 0.6) is 23.0 Å².